The molecule has 0 bridgehead atoms. The van der Waals surface area contributed by atoms with E-state index >= 15 is 0 Å². The maximum Gasteiger partial charge on any atom is 0.253 e. The van der Waals surface area contributed by atoms with Crippen molar-refractivity contribution < 1.29 is 14.3 Å². The minimum atomic E-state index is 0.00911. The van der Waals surface area contributed by atoms with Crippen LogP contribution < -0.4 is 14.8 Å². The highest BCUT2D eigenvalue weighted by molar-refractivity contribution is 5.94. The molecule has 6 heteroatoms. The summed E-state index contributed by atoms with van der Waals surface area (Å²) in [6, 6.07) is 10.3. The zero-order chi connectivity index (χ0) is 22.6. The molecular weight excluding hydrogens is 414 g/mol. The molecule has 2 aromatic rings. The molecule has 33 heavy (non-hydrogen) atoms. The van der Waals surface area contributed by atoms with Gasteiger partial charge in [-0.05, 0) is 102 Å². The predicted molar refractivity (Wildman–Crippen MR) is 128 cm³/mol. The van der Waals surface area contributed by atoms with Crippen LogP contribution in [0.15, 0.2) is 36.5 Å². The highest BCUT2D eigenvalue weighted by atomic mass is 16.7. The van der Waals surface area contributed by atoms with Gasteiger partial charge in [0.2, 0.25) is 6.79 Å². The first-order valence-corrected chi connectivity index (χ1v) is 12.5. The number of amides is 1. The van der Waals surface area contributed by atoms with Crippen LogP contribution in [0.25, 0.3) is 0 Å². The number of para-hydroxylation sites is 1. The Morgan fingerprint density at radius 2 is 1.88 bits per heavy atom. The van der Waals surface area contributed by atoms with Crippen molar-refractivity contribution >= 4 is 5.91 Å². The third kappa shape index (κ3) is 5.32. The summed E-state index contributed by atoms with van der Waals surface area (Å²) in [4.78, 5) is 19.3. The molecule has 3 aliphatic rings. The number of piperidine rings is 1. The van der Waals surface area contributed by atoms with Gasteiger partial charge in [-0.3, -0.25) is 9.78 Å². The highest BCUT2D eigenvalue weighted by Crippen LogP contribution is 2.42. The molecule has 0 radical (unpaired) electrons. The Hall–Kier alpha value is -2.60. The Labute approximate surface area is 196 Å². The van der Waals surface area contributed by atoms with Gasteiger partial charge >= 0.3 is 0 Å². The van der Waals surface area contributed by atoms with Crippen molar-refractivity contribution in [1.29, 1.82) is 0 Å². The normalized spacial score (nSPS) is 23.4. The number of carbonyl (C=O) groups is 1. The van der Waals surface area contributed by atoms with Crippen LogP contribution in [-0.4, -0.2) is 48.3 Å². The van der Waals surface area contributed by atoms with Gasteiger partial charge in [0.1, 0.15) is 0 Å². The molecule has 176 valence electrons. The fourth-order valence-electron chi connectivity index (χ4n) is 5.57. The number of hydrogen-bond acceptors (Lipinski definition) is 5. The number of likely N-dealkylation sites (tertiary alicyclic amines) is 1. The van der Waals surface area contributed by atoms with Crippen molar-refractivity contribution in [3.8, 4) is 11.5 Å². The third-order valence-electron chi connectivity index (χ3n) is 7.66. The van der Waals surface area contributed by atoms with Crippen LogP contribution in [0.1, 0.15) is 72.5 Å². The van der Waals surface area contributed by atoms with Gasteiger partial charge in [-0.15, -0.1) is 0 Å². The average molecular weight is 450 g/mol. The lowest BCUT2D eigenvalue weighted by molar-refractivity contribution is 0.0918. The Kier molecular flexibility index (Phi) is 6.81. The van der Waals surface area contributed by atoms with E-state index in [1.54, 1.807) is 6.20 Å². The van der Waals surface area contributed by atoms with E-state index < -0.39 is 0 Å². The van der Waals surface area contributed by atoms with Crippen LogP contribution in [0.2, 0.25) is 0 Å². The molecule has 1 N–H and O–H groups in total. The zero-order valence-corrected chi connectivity index (χ0v) is 19.6. The molecule has 2 aliphatic heterocycles. The lowest BCUT2D eigenvalue weighted by Crippen LogP contribution is -2.38. The minimum Gasteiger partial charge on any atom is -0.454 e. The number of nitrogens with zero attached hydrogens (tertiary/aromatic N) is 2. The Balaban J connectivity index is 1.02. The van der Waals surface area contributed by atoms with Gasteiger partial charge in [-0.25, -0.2) is 0 Å². The van der Waals surface area contributed by atoms with E-state index in [-0.39, 0.29) is 5.91 Å². The second-order valence-electron chi connectivity index (χ2n) is 9.86. The molecule has 5 rings (SSSR count). The first-order valence-electron chi connectivity index (χ1n) is 12.5. The van der Waals surface area contributed by atoms with E-state index in [1.165, 1.54) is 44.2 Å². The average Bonchev–Trinajstić information content (AvgIpc) is 3.34. The molecule has 1 aromatic heterocycles. The van der Waals surface area contributed by atoms with Gasteiger partial charge in [0.15, 0.2) is 11.5 Å². The van der Waals surface area contributed by atoms with Crippen molar-refractivity contribution in [3.63, 3.8) is 0 Å². The summed E-state index contributed by atoms with van der Waals surface area (Å²) in [5, 5.41) is 3.21. The SMILES string of the molecule is Cc1ccc(C(=O)NC2CCC(CCN3CCC(c4cccc5c4OCO5)CC3)CC2)cn1. The van der Waals surface area contributed by atoms with Gasteiger partial charge in [0, 0.05) is 23.5 Å². The maximum absolute atomic E-state index is 12.5. The van der Waals surface area contributed by atoms with Crippen molar-refractivity contribution in [2.24, 2.45) is 5.92 Å². The monoisotopic (exact) mass is 449 g/mol. The van der Waals surface area contributed by atoms with E-state index in [4.69, 9.17) is 9.47 Å². The zero-order valence-electron chi connectivity index (χ0n) is 19.6. The molecule has 1 aromatic carbocycles. The number of nitrogens with one attached hydrogen (secondary N) is 1. The first kappa shape index (κ1) is 22.2. The molecule has 6 nitrogen and oxygen atoms in total. The second-order valence-corrected chi connectivity index (χ2v) is 9.86. The first-order chi connectivity index (χ1) is 16.2. The summed E-state index contributed by atoms with van der Waals surface area (Å²) >= 11 is 0. The summed E-state index contributed by atoms with van der Waals surface area (Å²) < 4.78 is 11.3. The van der Waals surface area contributed by atoms with E-state index in [9.17, 15) is 4.79 Å². The van der Waals surface area contributed by atoms with Crippen LogP contribution in [-0.2, 0) is 0 Å². The van der Waals surface area contributed by atoms with Crippen molar-refractivity contribution in [2.45, 2.75) is 63.8 Å². The maximum atomic E-state index is 12.5. The number of ether oxygens (including phenoxy) is 2. The molecule has 0 unspecified atom stereocenters. The van der Waals surface area contributed by atoms with Crippen molar-refractivity contribution in [1.82, 2.24) is 15.2 Å². The van der Waals surface area contributed by atoms with E-state index in [2.05, 4.69) is 27.3 Å². The summed E-state index contributed by atoms with van der Waals surface area (Å²) in [6.07, 6.45) is 9.90. The van der Waals surface area contributed by atoms with Crippen LogP contribution in [0.3, 0.4) is 0 Å². The molecule has 0 spiro atoms. The number of rotatable bonds is 6. The quantitative estimate of drug-likeness (QED) is 0.694. The predicted octanol–water partition coefficient (Wildman–Crippen LogP) is 4.68. The molecular formula is C27H35N3O3. The van der Waals surface area contributed by atoms with Gasteiger partial charge in [0.05, 0.1) is 5.56 Å². The van der Waals surface area contributed by atoms with Gasteiger partial charge in [0.25, 0.3) is 5.91 Å². The second kappa shape index (κ2) is 10.1. The molecule has 1 saturated carbocycles. The van der Waals surface area contributed by atoms with Crippen molar-refractivity contribution in [2.75, 3.05) is 26.4 Å². The molecule has 3 heterocycles. The third-order valence-corrected chi connectivity index (χ3v) is 7.66. The Morgan fingerprint density at radius 1 is 1.06 bits per heavy atom. The van der Waals surface area contributed by atoms with E-state index in [0.29, 0.717) is 24.3 Å². The summed E-state index contributed by atoms with van der Waals surface area (Å²) in [5.41, 5.74) is 2.92. The van der Waals surface area contributed by atoms with Gasteiger partial charge < -0.3 is 19.7 Å². The number of pyridine rings is 1. The van der Waals surface area contributed by atoms with Crippen molar-refractivity contribution in [3.05, 3.63) is 53.3 Å². The van der Waals surface area contributed by atoms with E-state index in [0.717, 1.165) is 49.0 Å². The lowest BCUT2D eigenvalue weighted by atomic mass is 9.83. The summed E-state index contributed by atoms with van der Waals surface area (Å²) in [6.45, 7) is 5.79. The number of fused-ring (bicyclic) bond motifs is 1. The summed E-state index contributed by atoms with van der Waals surface area (Å²) in [7, 11) is 0. The largest absolute Gasteiger partial charge is 0.454 e. The summed E-state index contributed by atoms with van der Waals surface area (Å²) in [5.74, 6) is 3.23. The minimum absolute atomic E-state index is 0.00911. The topological polar surface area (TPSA) is 63.7 Å². The number of aryl methyl sites for hydroxylation is 1. The molecule has 2 fully saturated rings. The molecule has 1 amide bonds. The van der Waals surface area contributed by atoms with Crippen LogP contribution >= 0.6 is 0 Å². The molecule has 0 atom stereocenters. The number of carbonyl (C=O) groups excluding carboxylic acids is 1. The molecule has 1 saturated heterocycles. The van der Waals surface area contributed by atoms with Gasteiger partial charge in [-0.2, -0.15) is 0 Å². The Morgan fingerprint density at radius 3 is 2.64 bits per heavy atom. The number of aromatic nitrogens is 1. The fourth-order valence-corrected chi connectivity index (χ4v) is 5.57. The van der Waals surface area contributed by atoms with E-state index in [1.807, 2.05) is 25.1 Å². The molecule has 1 aliphatic carbocycles. The Bertz CT molecular complexity index is 946. The fraction of sp³-hybridized carbons (Fsp3) is 0.556. The lowest BCUT2D eigenvalue weighted by Gasteiger charge is -2.34. The number of benzene rings is 1. The van der Waals surface area contributed by atoms with Crippen LogP contribution in [0, 0.1) is 12.8 Å². The van der Waals surface area contributed by atoms with Crippen LogP contribution in [0.5, 0.6) is 11.5 Å². The standard InChI is InChI=1S/C27H35N3O3/c1-19-5-8-22(17-28-19)27(31)29-23-9-6-20(7-10-23)11-14-30-15-12-21(13-16-30)24-3-2-4-25-26(24)33-18-32-25/h2-5,8,17,20-21,23H,6-7,9-16,18H2,1H3,(H,29,31). The smallest absolute Gasteiger partial charge is 0.253 e. The van der Waals surface area contributed by atoms with Crippen LogP contribution in [0.4, 0.5) is 0 Å². The van der Waals surface area contributed by atoms with Gasteiger partial charge in [-0.1, -0.05) is 12.1 Å². The number of hydrogen-bond donors (Lipinski definition) is 1. The highest BCUT2D eigenvalue weighted by Gasteiger charge is 2.28.